The monoisotopic (exact) mass is 279 g/mol. The lowest BCUT2D eigenvalue weighted by molar-refractivity contribution is -0.160. The first-order valence-electron chi connectivity index (χ1n) is 7.34. The Bertz CT molecular complexity index is 456. The van der Waals surface area contributed by atoms with Crippen LogP contribution in [0.15, 0.2) is 0 Å². The van der Waals surface area contributed by atoms with Gasteiger partial charge in [0.1, 0.15) is 5.60 Å². The number of rotatable bonds is 4. The third-order valence-corrected chi connectivity index (χ3v) is 4.25. The van der Waals surface area contributed by atoms with Crippen LogP contribution in [0.25, 0.3) is 0 Å². The molecule has 0 radical (unpaired) electrons. The molecule has 1 amide bonds. The van der Waals surface area contributed by atoms with E-state index < -0.39 is 5.60 Å². The topological polar surface area (TPSA) is 58.2 Å². The summed E-state index contributed by atoms with van der Waals surface area (Å²) in [5.41, 5.74) is 2.68. The molecule has 20 heavy (non-hydrogen) atoms. The molecule has 1 aliphatic rings. The molecule has 1 unspecified atom stereocenters. The average molecular weight is 279 g/mol. The highest BCUT2D eigenvalue weighted by atomic mass is 16.5. The quantitative estimate of drug-likeness (QED) is 0.917. The maximum absolute atomic E-state index is 12.5. The van der Waals surface area contributed by atoms with Crippen LogP contribution in [0.5, 0.6) is 0 Å². The predicted octanol–water partition coefficient (Wildman–Crippen LogP) is 1.99. The van der Waals surface area contributed by atoms with E-state index in [1.54, 1.807) is 4.90 Å². The molecule has 1 saturated heterocycles. The Morgan fingerprint density at radius 1 is 1.45 bits per heavy atom. The molecule has 2 heterocycles. The third kappa shape index (κ3) is 3.03. The van der Waals surface area contributed by atoms with Crippen molar-refractivity contribution in [1.29, 1.82) is 0 Å². The van der Waals surface area contributed by atoms with Crippen LogP contribution in [-0.4, -0.2) is 46.8 Å². The van der Waals surface area contributed by atoms with Crippen molar-refractivity contribution in [3.05, 3.63) is 17.0 Å². The van der Waals surface area contributed by atoms with Crippen LogP contribution in [-0.2, 0) is 16.0 Å². The van der Waals surface area contributed by atoms with Crippen molar-refractivity contribution >= 4 is 5.91 Å². The van der Waals surface area contributed by atoms with Crippen LogP contribution in [0.2, 0.25) is 0 Å². The van der Waals surface area contributed by atoms with Gasteiger partial charge in [0.05, 0.1) is 5.69 Å². The molecule has 0 saturated carbocycles. The Labute approximate surface area is 120 Å². The van der Waals surface area contributed by atoms with Crippen LogP contribution in [0, 0.1) is 13.8 Å². The Morgan fingerprint density at radius 3 is 2.75 bits per heavy atom. The number of aromatic amines is 1. The van der Waals surface area contributed by atoms with Gasteiger partial charge in [0.25, 0.3) is 5.91 Å². The van der Waals surface area contributed by atoms with E-state index in [1.807, 2.05) is 27.8 Å². The van der Waals surface area contributed by atoms with Gasteiger partial charge < -0.3 is 9.64 Å². The Kier molecular flexibility index (Phi) is 4.48. The zero-order chi connectivity index (χ0) is 14.8. The van der Waals surface area contributed by atoms with Gasteiger partial charge in [-0.15, -0.1) is 0 Å². The highest BCUT2D eigenvalue weighted by molar-refractivity contribution is 5.84. The van der Waals surface area contributed by atoms with Crippen LogP contribution in [0.4, 0.5) is 0 Å². The number of ether oxygens (including phenoxy) is 1. The van der Waals surface area contributed by atoms with Gasteiger partial charge in [-0.1, -0.05) is 0 Å². The van der Waals surface area contributed by atoms with Gasteiger partial charge in [-0.2, -0.15) is 5.10 Å². The van der Waals surface area contributed by atoms with Gasteiger partial charge in [0.2, 0.25) is 0 Å². The SMILES string of the molecule is Cc1n[nH]c(C)c1CCN(C)C(=O)C1(C)CCCCO1. The van der Waals surface area contributed by atoms with E-state index in [-0.39, 0.29) is 5.91 Å². The number of carbonyl (C=O) groups excluding carboxylic acids is 1. The third-order valence-electron chi connectivity index (χ3n) is 4.25. The molecule has 0 aromatic carbocycles. The van der Waals surface area contributed by atoms with Gasteiger partial charge in [-0.05, 0) is 52.0 Å². The fourth-order valence-electron chi connectivity index (χ4n) is 2.83. The number of nitrogens with one attached hydrogen (secondary N) is 1. The fraction of sp³-hybridized carbons (Fsp3) is 0.733. The van der Waals surface area contributed by atoms with Crippen LogP contribution in [0.3, 0.4) is 0 Å². The highest BCUT2D eigenvalue weighted by Gasteiger charge is 2.37. The van der Waals surface area contributed by atoms with E-state index in [9.17, 15) is 4.79 Å². The molecule has 112 valence electrons. The summed E-state index contributed by atoms with van der Waals surface area (Å²) in [7, 11) is 1.86. The van der Waals surface area contributed by atoms with Gasteiger partial charge in [0, 0.05) is 25.9 Å². The largest absolute Gasteiger partial charge is 0.365 e. The van der Waals surface area contributed by atoms with Crippen molar-refractivity contribution < 1.29 is 9.53 Å². The molecule has 1 aliphatic heterocycles. The number of aryl methyl sites for hydroxylation is 2. The highest BCUT2D eigenvalue weighted by Crippen LogP contribution is 2.26. The number of likely N-dealkylation sites (N-methyl/N-ethyl adjacent to an activating group) is 1. The molecule has 1 aromatic heterocycles. The minimum absolute atomic E-state index is 0.0935. The Morgan fingerprint density at radius 2 is 2.20 bits per heavy atom. The summed E-state index contributed by atoms with van der Waals surface area (Å²) in [4.78, 5) is 14.3. The molecule has 1 N–H and O–H groups in total. The lowest BCUT2D eigenvalue weighted by Crippen LogP contribution is -2.49. The molecular formula is C15H25N3O2. The second kappa shape index (κ2) is 5.95. The van der Waals surface area contributed by atoms with E-state index in [0.717, 1.165) is 37.1 Å². The molecular weight excluding hydrogens is 254 g/mol. The molecule has 2 rings (SSSR count). The molecule has 5 nitrogen and oxygen atoms in total. The van der Waals surface area contributed by atoms with Crippen LogP contribution < -0.4 is 0 Å². The maximum Gasteiger partial charge on any atom is 0.254 e. The lowest BCUT2D eigenvalue weighted by atomic mass is 9.94. The number of hydrogen-bond donors (Lipinski definition) is 1. The first kappa shape index (κ1) is 15.0. The normalized spacial score (nSPS) is 22.8. The van der Waals surface area contributed by atoms with Crippen molar-refractivity contribution in [3.8, 4) is 0 Å². The number of nitrogens with zero attached hydrogens (tertiary/aromatic N) is 2. The fourth-order valence-corrected chi connectivity index (χ4v) is 2.83. The zero-order valence-corrected chi connectivity index (χ0v) is 13.0. The standard InChI is InChI=1S/C15H25N3O2/c1-11-13(12(2)17-16-11)7-9-18(4)14(19)15(3)8-5-6-10-20-15/h5-10H2,1-4H3,(H,16,17). The molecule has 0 bridgehead atoms. The molecule has 0 aliphatic carbocycles. The number of hydrogen-bond acceptors (Lipinski definition) is 3. The van der Waals surface area contributed by atoms with Crippen LogP contribution in [0.1, 0.15) is 43.1 Å². The Hall–Kier alpha value is -1.36. The second-order valence-electron chi connectivity index (χ2n) is 5.93. The number of aromatic nitrogens is 2. The number of amides is 1. The van der Waals surface area contributed by atoms with Gasteiger partial charge in [-0.25, -0.2) is 0 Å². The van der Waals surface area contributed by atoms with Crippen molar-refractivity contribution in [2.45, 2.75) is 52.1 Å². The number of carbonyl (C=O) groups is 1. The van der Waals surface area contributed by atoms with E-state index in [1.165, 1.54) is 5.56 Å². The Balaban J connectivity index is 1.94. The maximum atomic E-state index is 12.5. The summed E-state index contributed by atoms with van der Waals surface area (Å²) in [5, 5.41) is 7.17. The molecule has 1 atom stereocenters. The van der Waals surface area contributed by atoms with E-state index in [0.29, 0.717) is 13.2 Å². The summed E-state index contributed by atoms with van der Waals surface area (Å²) in [6.45, 7) is 7.31. The van der Waals surface area contributed by atoms with E-state index in [2.05, 4.69) is 10.2 Å². The van der Waals surface area contributed by atoms with Crippen molar-refractivity contribution in [2.24, 2.45) is 0 Å². The van der Waals surface area contributed by atoms with Gasteiger partial charge >= 0.3 is 0 Å². The van der Waals surface area contributed by atoms with Gasteiger partial charge in [-0.3, -0.25) is 9.89 Å². The summed E-state index contributed by atoms with van der Waals surface area (Å²) in [5.74, 6) is 0.0935. The first-order valence-corrected chi connectivity index (χ1v) is 7.34. The smallest absolute Gasteiger partial charge is 0.254 e. The van der Waals surface area contributed by atoms with Crippen molar-refractivity contribution in [1.82, 2.24) is 15.1 Å². The molecule has 0 spiro atoms. The van der Waals surface area contributed by atoms with E-state index in [4.69, 9.17) is 4.74 Å². The average Bonchev–Trinajstić information content (AvgIpc) is 2.75. The molecule has 5 heteroatoms. The molecule has 1 fully saturated rings. The summed E-state index contributed by atoms with van der Waals surface area (Å²) in [6, 6.07) is 0. The second-order valence-corrected chi connectivity index (χ2v) is 5.93. The molecule has 1 aromatic rings. The number of H-pyrrole nitrogens is 1. The summed E-state index contributed by atoms with van der Waals surface area (Å²) in [6.07, 6.45) is 3.77. The minimum atomic E-state index is -0.631. The summed E-state index contributed by atoms with van der Waals surface area (Å²) < 4.78 is 5.72. The van der Waals surface area contributed by atoms with Crippen molar-refractivity contribution in [3.63, 3.8) is 0 Å². The summed E-state index contributed by atoms with van der Waals surface area (Å²) >= 11 is 0. The van der Waals surface area contributed by atoms with Crippen molar-refractivity contribution in [2.75, 3.05) is 20.2 Å². The lowest BCUT2D eigenvalue weighted by Gasteiger charge is -2.35. The minimum Gasteiger partial charge on any atom is -0.365 e. The first-order chi connectivity index (χ1) is 9.44. The van der Waals surface area contributed by atoms with E-state index >= 15 is 0 Å². The zero-order valence-electron chi connectivity index (χ0n) is 13.0. The van der Waals surface area contributed by atoms with Gasteiger partial charge in [0.15, 0.2) is 0 Å². The predicted molar refractivity (Wildman–Crippen MR) is 77.6 cm³/mol. The van der Waals surface area contributed by atoms with Crippen LogP contribution >= 0.6 is 0 Å².